The topological polar surface area (TPSA) is 85.7 Å². The zero-order chi connectivity index (χ0) is 22.8. The second-order valence-corrected chi connectivity index (χ2v) is 8.05. The fourth-order valence-corrected chi connectivity index (χ4v) is 4.13. The number of piperidine rings is 1. The van der Waals surface area contributed by atoms with Gasteiger partial charge in [-0.3, -0.25) is 9.59 Å². The number of hydrogen-bond donors (Lipinski definition) is 1. The van der Waals surface area contributed by atoms with Gasteiger partial charge in [-0.2, -0.15) is 4.68 Å². The zero-order valence-corrected chi connectivity index (χ0v) is 17.9. The molecule has 33 heavy (non-hydrogen) atoms. The number of ether oxygens (including phenoxy) is 2. The average Bonchev–Trinajstić information content (AvgIpc) is 2.84. The Labute approximate surface area is 189 Å². The van der Waals surface area contributed by atoms with Crippen molar-refractivity contribution in [3.63, 3.8) is 0 Å². The molecule has 1 amide bonds. The first kappa shape index (κ1) is 21.0. The molecule has 0 saturated carbocycles. The minimum Gasteiger partial charge on any atom is -0.486 e. The van der Waals surface area contributed by atoms with E-state index in [1.807, 2.05) is 4.90 Å². The first-order valence-corrected chi connectivity index (χ1v) is 10.9. The Balaban J connectivity index is 1.31. The lowest BCUT2D eigenvalue weighted by Crippen LogP contribution is -2.41. The van der Waals surface area contributed by atoms with E-state index in [0.717, 1.165) is 12.8 Å². The lowest BCUT2D eigenvalue weighted by molar-refractivity contribution is -0.120. The Morgan fingerprint density at radius 3 is 2.76 bits per heavy atom. The van der Waals surface area contributed by atoms with Crippen LogP contribution < -0.4 is 25.2 Å². The normalized spacial score (nSPS) is 17.5. The summed E-state index contributed by atoms with van der Waals surface area (Å²) in [5, 5.41) is 7.40. The number of aromatic nitrogens is 2. The molecule has 2 aliphatic heterocycles. The van der Waals surface area contributed by atoms with Crippen molar-refractivity contribution in [3.05, 3.63) is 70.8 Å². The maximum absolute atomic E-state index is 13.6. The highest BCUT2D eigenvalue weighted by molar-refractivity contribution is 5.93. The summed E-state index contributed by atoms with van der Waals surface area (Å²) >= 11 is 0. The minimum absolute atomic E-state index is 0.0881. The van der Waals surface area contributed by atoms with Crippen molar-refractivity contribution in [3.8, 4) is 17.2 Å². The van der Waals surface area contributed by atoms with Crippen LogP contribution in [0.25, 0.3) is 5.69 Å². The van der Waals surface area contributed by atoms with Gasteiger partial charge in [-0.1, -0.05) is 6.07 Å². The molecule has 0 spiro atoms. The number of hydrogen-bond acceptors (Lipinski definition) is 6. The number of rotatable bonds is 4. The number of carbonyl (C=O) groups excluding carboxylic acids is 1. The van der Waals surface area contributed by atoms with Crippen molar-refractivity contribution >= 4 is 17.4 Å². The van der Waals surface area contributed by atoms with Crippen LogP contribution in [-0.4, -0.2) is 42.0 Å². The smallest absolute Gasteiger partial charge is 0.271 e. The van der Waals surface area contributed by atoms with Crippen LogP contribution in [0.1, 0.15) is 12.8 Å². The lowest BCUT2D eigenvalue weighted by atomic mass is 9.97. The molecule has 1 N–H and O–H groups in total. The number of halogens is 1. The maximum atomic E-state index is 13.6. The van der Waals surface area contributed by atoms with Crippen molar-refractivity contribution in [2.24, 2.45) is 5.92 Å². The van der Waals surface area contributed by atoms with Crippen molar-refractivity contribution < 1.29 is 18.7 Å². The van der Waals surface area contributed by atoms with Crippen LogP contribution >= 0.6 is 0 Å². The molecule has 1 aromatic heterocycles. The number of benzene rings is 2. The van der Waals surface area contributed by atoms with E-state index in [0.29, 0.717) is 55.0 Å². The van der Waals surface area contributed by atoms with Crippen molar-refractivity contribution in [2.75, 3.05) is 36.5 Å². The van der Waals surface area contributed by atoms with E-state index in [2.05, 4.69) is 10.4 Å². The second-order valence-electron chi connectivity index (χ2n) is 8.05. The predicted molar refractivity (Wildman–Crippen MR) is 121 cm³/mol. The number of amides is 1. The molecule has 3 heterocycles. The van der Waals surface area contributed by atoms with Gasteiger partial charge >= 0.3 is 0 Å². The standard InChI is InChI=1S/C24H23FN4O4/c25-17-4-1-5-19(13-17)29-23(30)9-8-22(27-29)28-10-2-3-16(15-28)24(31)26-18-6-7-20-21(14-18)33-12-11-32-20/h1,4-9,13-14,16H,2-3,10-12,15H2,(H,26,31). The van der Waals surface area contributed by atoms with E-state index in [1.54, 1.807) is 30.3 Å². The molecular weight excluding hydrogens is 427 g/mol. The van der Waals surface area contributed by atoms with Gasteiger partial charge < -0.3 is 19.7 Å². The van der Waals surface area contributed by atoms with Crippen molar-refractivity contribution in [2.45, 2.75) is 12.8 Å². The van der Waals surface area contributed by atoms with E-state index in [9.17, 15) is 14.0 Å². The van der Waals surface area contributed by atoms with Gasteiger partial charge in [0.15, 0.2) is 11.5 Å². The molecule has 1 unspecified atom stereocenters. The van der Waals surface area contributed by atoms with E-state index < -0.39 is 5.82 Å². The van der Waals surface area contributed by atoms with Crippen LogP contribution in [-0.2, 0) is 4.79 Å². The Hall–Kier alpha value is -3.88. The summed E-state index contributed by atoms with van der Waals surface area (Å²) in [4.78, 5) is 27.3. The Kier molecular flexibility index (Phi) is 5.68. The minimum atomic E-state index is -0.444. The third kappa shape index (κ3) is 4.52. The van der Waals surface area contributed by atoms with Gasteiger partial charge in [0, 0.05) is 30.9 Å². The third-order valence-corrected chi connectivity index (χ3v) is 5.76. The molecule has 2 aromatic carbocycles. The van der Waals surface area contributed by atoms with Crippen LogP contribution in [0.3, 0.4) is 0 Å². The monoisotopic (exact) mass is 450 g/mol. The van der Waals surface area contributed by atoms with Gasteiger partial charge in [0.25, 0.3) is 5.56 Å². The molecule has 170 valence electrons. The van der Waals surface area contributed by atoms with Crippen LogP contribution in [0.15, 0.2) is 59.4 Å². The summed E-state index contributed by atoms with van der Waals surface area (Å²) in [6, 6.07) is 14.1. The summed E-state index contributed by atoms with van der Waals surface area (Å²) < 4.78 is 25.9. The van der Waals surface area contributed by atoms with Gasteiger partial charge in [0.1, 0.15) is 24.8 Å². The van der Waals surface area contributed by atoms with Gasteiger partial charge in [0.2, 0.25) is 5.91 Å². The maximum Gasteiger partial charge on any atom is 0.271 e. The molecule has 2 aliphatic rings. The van der Waals surface area contributed by atoms with Gasteiger partial charge in [-0.25, -0.2) is 4.39 Å². The molecule has 1 fully saturated rings. The lowest BCUT2D eigenvalue weighted by Gasteiger charge is -2.33. The summed E-state index contributed by atoms with van der Waals surface area (Å²) in [6.07, 6.45) is 1.55. The highest BCUT2D eigenvalue weighted by Gasteiger charge is 2.27. The Bertz CT molecular complexity index is 1250. The summed E-state index contributed by atoms with van der Waals surface area (Å²) in [6.45, 7) is 2.16. The van der Waals surface area contributed by atoms with Gasteiger partial charge in [0.05, 0.1) is 11.6 Å². The fourth-order valence-electron chi connectivity index (χ4n) is 4.13. The second kappa shape index (κ2) is 8.93. The largest absolute Gasteiger partial charge is 0.486 e. The zero-order valence-electron chi connectivity index (χ0n) is 17.9. The third-order valence-electron chi connectivity index (χ3n) is 5.76. The van der Waals surface area contributed by atoms with E-state index >= 15 is 0 Å². The van der Waals surface area contributed by atoms with Crippen LogP contribution in [0.5, 0.6) is 11.5 Å². The summed E-state index contributed by atoms with van der Waals surface area (Å²) in [7, 11) is 0. The number of carbonyl (C=O) groups is 1. The molecule has 9 heteroatoms. The average molecular weight is 450 g/mol. The van der Waals surface area contributed by atoms with Crippen LogP contribution in [0.2, 0.25) is 0 Å². The number of anilines is 2. The molecular formula is C24H23FN4O4. The molecule has 3 aromatic rings. The fraction of sp³-hybridized carbons (Fsp3) is 0.292. The van der Waals surface area contributed by atoms with E-state index in [4.69, 9.17) is 9.47 Å². The molecule has 0 radical (unpaired) electrons. The highest BCUT2D eigenvalue weighted by Crippen LogP contribution is 2.33. The van der Waals surface area contributed by atoms with Crippen molar-refractivity contribution in [1.29, 1.82) is 0 Å². The summed E-state index contributed by atoms with van der Waals surface area (Å²) in [5.74, 6) is 1.07. The molecule has 5 rings (SSSR count). The van der Waals surface area contributed by atoms with E-state index in [1.165, 1.54) is 28.9 Å². The molecule has 8 nitrogen and oxygen atoms in total. The van der Waals surface area contributed by atoms with Gasteiger partial charge in [-0.05, 0) is 49.2 Å². The predicted octanol–water partition coefficient (Wildman–Crippen LogP) is 3.00. The van der Waals surface area contributed by atoms with Gasteiger partial charge in [-0.15, -0.1) is 5.10 Å². The Morgan fingerprint density at radius 1 is 1.06 bits per heavy atom. The highest BCUT2D eigenvalue weighted by atomic mass is 19.1. The quantitative estimate of drug-likeness (QED) is 0.658. The SMILES string of the molecule is O=C(Nc1ccc2c(c1)OCCO2)C1CCCN(c2ccc(=O)n(-c3cccc(F)c3)n2)C1. The van der Waals surface area contributed by atoms with Crippen LogP contribution in [0.4, 0.5) is 15.9 Å². The first-order chi connectivity index (χ1) is 16.1. The molecule has 1 atom stereocenters. The first-order valence-electron chi connectivity index (χ1n) is 10.9. The molecule has 0 aliphatic carbocycles. The van der Waals surface area contributed by atoms with Crippen molar-refractivity contribution in [1.82, 2.24) is 9.78 Å². The number of nitrogens with one attached hydrogen (secondary N) is 1. The van der Waals surface area contributed by atoms with Crippen LogP contribution in [0, 0.1) is 11.7 Å². The number of nitrogens with zero attached hydrogens (tertiary/aromatic N) is 3. The Morgan fingerprint density at radius 2 is 1.91 bits per heavy atom. The number of fused-ring (bicyclic) bond motifs is 1. The summed E-state index contributed by atoms with van der Waals surface area (Å²) in [5.41, 5.74) is 0.653. The van der Waals surface area contributed by atoms with E-state index in [-0.39, 0.29) is 17.4 Å². The molecule has 0 bridgehead atoms. The molecule has 1 saturated heterocycles.